The summed E-state index contributed by atoms with van der Waals surface area (Å²) < 4.78 is 10.9. The van der Waals surface area contributed by atoms with Crippen LogP contribution in [0, 0.1) is 0 Å². The molecule has 3 unspecified atom stereocenters. The molecule has 1 aromatic carbocycles. The van der Waals surface area contributed by atoms with Gasteiger partial charge in [-0.25, -0.2) is 4.79 Å². The summed E-state index contributed by atoms with van der Waals surface area (Å²) in [6.07, 6.45) is 0.705. The predicted molar refractivity (Wildman–Crippen MR) is 93.3 cm³/mol. The Morgan fingerprint density at radius 3 is 2.88 bits per heavy atom. The number of aliphatic hydroxyl groups excluding tert-OH is 1. The summed E-state index contributed by atoms with van der Waals surface area (Å²) in [4.78, 5) is 12.5. The van der Waals surface area contributed by atoms with E-state index in [1.165, 1.54) is 0 Å². The van der Waals surface area contributed by atoms with Crippen LogP contribution in [0.5, 0.6) is 0 Å². The molecule has 134 valence electrons. The van der Waals surface area contributed by atoms with Gasteiger partial charge in [0, 0.05) is 20.0 Å². The number of aryl methyl sites for hydroxylation is 1. The second-order valence-corrected chi connectivity index (χ2v) is 6.23. The van der Waals surface area contributed by atoms with Crippen molar-refractivity contribution in [3.63, 3.8) is 0 Å². The Labute approximate surface area is 147 Å². The van der Waals surface area contributed by atoms with Gasteiger partial charge in [-0.3, -0.25) is 0 Å². The molecule has 0 spiro atoms. The molecule has 0 fully saturated rings. The number of carbonyl (C=O) groups excluding carboxylic acids is 1. The van der Waals surface area contributed by atoms with Gasteiger partial charge < -0.3 is 24.9 Å². The summed E-state index contributed by atoms with van der Waals surface area (Å²) in [5.41, 5.74) is 2.02. The minimum absolute atomic E-state index is 0.299. The van der Waals surface area contributed by atoms with Crippen molar-refractivity contribution >= 4 is 6.03 Å². The lowest BCUT2D eigenvalue weighted by molar-refractivity contribution is 0.136. The molecule has 1 aliphatic carbocycles. The molecule has 3 N–H and O–H groups in total. The number of hydrogen-bond donors (Lipinski definition) is 3. The van der Waals surface area contributed by atoms with Gasteiger partial charge in [0.25, 0.3) is 0 Å². The molecule has 0 bridgehead atoms. The van der Waals surface area contributed by atoms with Crippen LogP contribution >= 0.6 is 0 Å². The van der Waals surface area contributed by atoms with Crippen molar-refractivity contribution in [2.24, 2.45) is 0 Å². The van der Waals surface area contributed by atoms with Crippen LogP contribution < -0.4 is 10.6 Å². The Morgan fingerprint density at radius 2 is 2.16 bits per heavy atom. The van der Waals surface area contributed by atoms with Crippen LogP contribution in [0.15, 0.2) is 40.8 Å². The van der Waals surface area contributed by atoms with E-state index in [-0.39, 0.29) is 12.1 Å². The third-order valence-electron chi connectivity index (χ3n) is 4.50. The van der Waals surface area contributed by atoms with Gasteiger partial charge in [-0.15, -0.1) is 0 Å². The Bertz CT molecular complexity index is 728. The van der Waals surface area contributed by atoms with E-state index in [2.05, 4.69) is 10.6 Å². The van der Waals surface area contributed by atoms with E-state index in [0.717, 1.165) is 23.3 Å². The Morgan fingerprint density at radius 1 is 1.36 bits per heavy atom. The smallest absolute Gasteiger partial charge is 0.316 e. The molecular formula is C19H24N2O4. The molecule has 0 saturated heterocycles. The number of rotatable bonds is 6. The third-order valence-corrected chi connectivity index (χ3v) is 4.50. The minimum atomic E-state index is -0.626. The molecule has 3 rings (SSSR count). The monoisotopic (exact) mass is 344 g/mol. The lowest BCUT2D eigenvalue weighted by atomic mass is 10.1. The molecule has 1 aliphatic rings. The fraction of sp³-hybridized carbons (Fsp3) is 0.421. The zero-order chi connectivity index (χ0) is 17.8. The first-order chi connectivity index (χ1) is 12.1. The maximum absolute atomic E-state index is 12.5. The van der Waals surface area contributed by atoms with Gasteiger partial charge in [-0.2, -0.15) is 0 Å². The highest BCUT2D eigenvalue weighted by atomic mass is 16.5. The van der Waals surface area contributed by atoms with Crippen molar-refractivity contribution < 1.29 is 19.1 Å². The quantitative estimate of drug-likeness (QED) is 0.752. The standard InChI is InChI=1S/C19H24N2O4/c1-3-13-8-9-17(25-13)15(11-24-2)20-19(23)21-18-14-7-5-4-6-12(14)10-16(18)22/h4-9,15-16,18,22H,3,10-11H2,1-2H3,(H2,20,21,23). The minimum Gasteiger partial charge on any atom is -0.464 e. The van der Waals surface area contributed by atoms with Crippen LogP contribution in [0.25, 0.3) is 0 Å². The summed E-state index contributed by atoms with van der Waals surface area (Å²) in [6.45, 7) is 2.31. The van der Waals surface area contributed by atoms with Gasteiger partial charge in [0.15, 0.2) is 0 Å². The fourth-order valence-electron chi connectivity index (χ4n) is 3.22. The van der Waals surface area contributed by atoms with Gasteiger partial charge in [0.1, 0.15) is 17.6 Å². The number of furan rings is 1. The van der Waals surface area contributed by atoms with Gasteiger partial charge in [-0.1, -0.05) is 31.2 Å². The van der Waals surface area contributed by atoms with Crippen molar-refractivity contribution in [2.75, 3.05) is 13.7 Å². The molecule has 6 nitrogen and oxygen atoms in total. The number of carbonyl (C=O) groups is 1. The summed E-state index contributed by atoms with van der Waals surface area (Å²) in [5.74, 6) is 1.51. The van der Waals surface area contributed by atoms with Crippen LogP contribution in [-0.4, -0.2) is 31.0 Å². The summed E-state index contributed by atoms with van der Waals surface area (Å²) in [7, 11) is 1.58. The maximum atomic E-state index is 12.5. The number of urea groups is 1. The molecule has 2 amide bonds. The number of fused-ring (bicyclic) bond motifs is 1. The lowest BCUT2D eigenvalue weighted by Gasteiger charge is -2.21. The highest BCUT2D eigenvalue weighted by molar-refractivity contribution is 5.75. The van der Waals surface area contributed by atoms with Crippen molar-refractivity contribution in [1.29, 1.82) is 0 Å². The summed E-state index contributed by atoms with van der Waals surface area (Å²) in [5, 5.41) is 16.0. The lowest BCUT2D eigenvalue weighted by Crippen LogP contribution is -2.43. The van der Waals surface area contributed by atoms with E-state index < -0.39 is 12.1 Å². The van der Waals surface area contributed by atoms with Gasteiger partial charge in [0.05, 0.1) is 18.8 Å². The van der Waals surface area contributed by atoms with E-state index in [0.29, 0.717) is 18.8 Å². The first kappa shape index (κ1) is 17.5. The average Bonchev–Trinajstić information content (AvgIpc) is 3.20. The zero-order valence-corrected chi connectivity index (χ0v) is 14.5. The maximum Gasteiger partial charge on any atom is 0.316 e. The molecule has 1 aromatic heterocycles. The van der Waals surface area contributed by atoms with E-state index in [1.807, 2.05) is 43.3 Å². The Hall–Kier alpha value is -2.31. The molecule has 3 atom stereocenters. The van der Waals surface area contributed by atoms with Gasteiger partial charge in [-0.05, 0) is 23.3 Å². The van der Waals surface area contributed by atoms with Crippen LogP contribution in [0.1, 0.15) is 41.7 Å². The molecule has 2 aromatic rings. The van der Waals surface area contributed by atoms with E-state index in [4.69, 9.17) is 9.15 Å². The second kappa shape index (κ2) is 7.72. The first-order valence-electron chi connectivity index (χ1n) is 8.52. The molecule has 1 heterocycles. The Balaban J connectivity index is 1.68. The number of methoxy groups -OCH3 is 1. The van der Waals surface area contributed by atoms with E-state index in [9.17, 15) is 9.90 Å². The number of amides is 2. The Kier molecular flexibility index (Phi) is 5.40. The van der Waals surface area contributed by atoms with Crippen LogP contribution in [0.4, 0.5) is 4.79 Å². The second-order valence-electron chi connectivity index (χ2n) is 6.23. The predicted octanol–water partition coefficient (Wildman–Crippen LogP) is 2.49. The van der Waals surface area contributed by atoms with Crippen LogP contribution in [-0.2, 0) is 17.6 Å². The van der Waals surface area contributed by atoms with Crippen LogP contribution in [0.3, 0.4) is 0 Å². The SMILES string of the molecule is CCc1ccc(C(COC)NC(=O)NC2c3ccccc3CC2O)o1. The van der Waals surface area contributed by atoms with E-state index >= 15 is 0 Å². The summed E-state index contributed by atoms with van der Waals surface area (Å²) in [6, 6.07) is 10.3. The fourth-order valence-corrected chi connectivity index (χ4v) is 3.22. The molecule has 0 saturated carbocycles. The normalized spacial score (nSPS) is 20.1. The molecule has 0 radical (unpaired) electrons. The van der Waals surface area contributed by atoms with Gasteiger partial charge >= 0.3 is 6.03 Å². The molecule has 25 heavy (non-hydrogen) atoms. The summed E-state index contributed by atoms with van der Waals surface area (Å²) >= 11 is 0. The number of aliphatic hydroxyl groups is 1. The first-order valence-corrected chi connectivity index (χ1v) is 8.52. The molecular weight excluding hydrogens is 320 g/mol. The molecule has 6 heteroatoms. The van der Waals surface area contributed by atoms with E-state index in [1.54, 1.807) is 7.11 Å². The van der Waals surface area contributed by atoms with Crippen molar-refractivity contribution in [1.82, 2.24) is 10.6 Å². The van der Waals surface area contributed by atoms with Crippen molar-refractivity contribution in [2.45, 2.75) is 38.0 Å². The third kappa shape index (κ3) is 3.86. The number of hydrogen-bond acceptors (Lipinski definition) is 4. The number of benzene rings is 1. The highest BCUT2D eigenvalue weighted by Crippen LogP contribution is 2.31. The average molecular weight is 344 g/mol. The van der Waals surface area contributed by atoms with Crippen LogP contribution in [0.2, 0.25) is 0 Å². The number of nitrogens with one attached hydrogen (secondary N) is 2. The topological polar surface area (TPSA) is 83.7 Å². The van der Waals surface area contributed by atoms with Crippen molar-refractivity contribution in [3.05, 3.63) is 59.0 Å². The molecule has 0 aliphatic heterocycles. The largest absolute Gasteiger partial charge is 0.464 e. The number of ether oxygens (including phenoxy) is 1. The van der Waals surface area contributed by atoms with Crippen molar-refractivity contribution in [3.8, 4) is 0 Å². The zero-order valence-electron chi connectivity index (χ0n) is 14.5. The highest BCUT2D eigenvalue weighted by Gasteiger charge is 2.32. The van der Waals surface area contributed by atoms with Gasteiger partial charge in [0.2, 0.25) is 0 Å².